The number of β-amino-alcohol motifs (C(OH)–C–C–N with tert-alkyl or cyclic N) is 1. The van der Waals surface area contributed by atoms with Crippen molar-refractivity contribution in [3.8, 4) is 5.75 Å². The smallest absolute Gasteiger partial charge is 0.128 e. The highest BCUT2D eigenvalue weighted by Gasteiger charge is 2.20. The summed E-state index contributed by atoms with van der Waals surface area (Å²) in [6.07, 6.45) is 1.35. The van der Waals surface area contributed by atoms with Gasteiger partial charge >= 0.3 is 0 Å². The first-order valence-corrected chi connectivity index (χ1v) is 9.01. The van der Waals surface area contributed by atoms with Crippen LogP contribution in [0.15, 0.2) is 48.7 Å². The van der Waals surface area contributed by atoms with Crippen LogP contribution in [0.3, 0.4) is 0 Å². The molecule has 1 saturated heterocycles. The summed E-state index contributed by atoms with van der Waals surface area (Å²) in [5, 5.41) is 10.2. The highest BCUT2D eigenvalue weighted by atomic mass is 16.5. The summed E-state index contributed by atoms with van der Waals surface area (Å²) >= 11 is 0. The second-order valence-corrected chi connectivity index (χ2v) is 6.49. The largest absolute Gasteiger partial charge is 0.497 e. The summed E-state index contributed by atoms with van der Waals surface area (Å²) in [5.74, 6) is 1.86. The third-order valence-electron chi connectivity index (χ3n) is 4.55. The summed E-state index contributed by atoms with van der Waals surface area (Å²) in [6.45, 7) is 5.17. The predicted octanol–water partition coefficient (Wildman–Crippen LogP) is 1.79. The van der Waals surface area contributed by atoms with Crippen LogP contribution >= 0.6 is 0 Å². The van der Waals surface area contributed by atoms with E-state index < -0.39 is 6.10 Å². The Kier molecular flexibility index (Phi) is 6.82. The van der Waals surface area contributed by atoms with Crippen molar-refractivity contribution in [2.75, 3.05) is 51.3 Å². The minimum Gasteiger partial charge on any atom is -0.497 e. The maximum Gasteiger partial charge on any atom is 0.128 e. The van der Waals surface area contributed by atoms with E-state index in [1.165, 1.54) is 0 Å². The van der Waals surface area contributed by atoms with E-state index in [4.69, 9.17) is 9.47 Å². The lowest BCUT2D eigenvalue weighted by molar-refractivity contribution is 0.00911. The van der Waals surface area contributed by atoms with Gasteiger partial charge in [-0.25, -0.2) is 4.98 Å². The van der Waals surface area contributed by atoms with Gasteiger partial charge in [0.25, 0.3) is 0 Å². The monoisotopic (exact) mass is 357 g/mol. The molecule has 1 aromatic heterocycles. The average molecular weight is 357 g/mol. The minimum absolute atomic E-state index is 0.340. The molecule has 0 spiro atoms. The first-order valence-electron chi connectivity index (χ1n) is 9.01. The number of pyridine rings is 1. The number of ether oxygens (including phenoxy) is 2. The van der Waals surface area contributed by atoms with E-state index in [-0.39, 0.29) is 0 Å². The van der Waals surface area contributed by atoms with Crippen LogP contribution in [0, 0.1) is 0 Å². The van der Waals surface area contributed by atoms with Crippen molar-refractivity contribution >= 4 is 5.82 Å². The zero-order valence-corrected chi connectivity index (χ0v) is 15.3. The second kappa shape index (κ2) is 9.52. The van der Waals surface area contributed by atoms with E-state index in [0.29, 0.717) is 19.8 Å². The van der Waals surface area contributed by atoms with Crippen LogP contribution in [0.2, 0.25) is 0 Å². The fourth-order valence-corrected chi connectivity index (χ4v) is 3.09. The van der Waals surface area contributed by atoms with Crippen molar-refractivity contribution in [1.82, 2.24) is 9.88 Å². The maximum absolute atomic E-state index is 10.2. The van der Waals surface area contributed by atoms with Gasteiger partial charge in [0.1, 0.15) is 11.6 Å². The molecule has 0 amide bonds. The van der Waals surface area contributed by atoms with Gasteiger partial charge in [0.2, 0.25) is 0 Å². The molecule has 1 aliphatic rings. The SMILES string of the molecule is COc1ccc(COCC(O)CN2CCN(c3ccccn3)CC2)cc1. The molecule has 1 aromatic carbocycles. The number of hydrogen-bond donors (Lipinski definition) is 1. The molecule has 6 heteroatoms. The number of nitrogens with zero attached hydrogens (tertiary/aromatic N) is 3. The lowest BCUT2D eigenvalue weighted by Crippen LogP contribution is -2.49. The number of hydrogen-bond acceptors (Lipinski definition) is 6. The Labute approximate surface area is 155 Å². The first kappa shape index (κ1) is 18.6. The lowest BCUT2D eigenvalue weighted by Gasteiger charge is -2.36. The number of aliphatic hydroxyl groups is 1. The number of methoxy groups -OCH3 is 1. The molecule has 0 radical (unpaired) electrons. The Hall–Kier alpha value is -2.15. The van der Waals surface area contributed by atoms with Gasteiger partial charge in [0, 0.05) is 38.9 Å². The van der Waals surface area contributed by atoms with Gasteiger partial charge in [-0.15, -0.1) is 0 Å². The predicted molar refractivity (Wildman–Crippen MR) is 102 cm³/mol. The van der Waals surface area contributed by atoms with Crippen molar-refractivity contribution in [3.63, 3.8) is 0 Å². The van der Waals surface area contributed by atoms with E-state index in [0.717, 1.165) is 43.3 Å². The normalized spacial score (nSPS) is 16.5. The average Bonchev–Trinajstić information content (AvgIpc) is 2.70. The summed E-state index contributed by atoms with van der Waals surface area (Å²) in [4.78, 5) is 8.96. The molecule has 3 rings (SSSR count). The first-order chi connectivity index (χ1) is 12.7. The third-order valence-corrected chi connectivity index (χ3v) is 4.55. The van der Waals surface area contributed by atoms with E-state index >= 15 is 0 Å². The molecule has 2 aromatic rings. The van der Waals surface area contributed by atoms with Crippen LogP contribution < -0.4 is 9.64 Å². The molecule has 1 aliphatic heterocycles. The number of aromatic nitrogens is 1. The minimum atomic E-state index is -0.477. The van der Waals surface area contributed by atoms with Gasteiger partial charge in [0.05, 0.1) is 26.4 Å². The Morgan fingerprint density at radius 2 is 1.85 bits per heavy atom. The van der Waals surface area contributed by atoms with Crippen molar-refractivity contribution in [2.24, 2.45) is 0 Å². The van der Waals surface area contributed by atoms with Crippen molar-refractivity contribution in [1.29, 1.82) is 0 Å². The maximum atomic E-state index is 10.2. The standard InChI is InChI=1S/C20H27N3O3/c1-25-19-7-5-17(6-8-19)15-26-16-18(24)14-22-10-12-23(13-11-22)20-4-2-3-9-21-20/h2-9,18,24H,10-16H2,1H3. The van der Waals surface area contributed by atoms with Crippen LogP contribution in [0.25, 0.3) is 0 Å². The van der Waals surface area contributed by atoms with Gasteiger partial charge in [-0.05, 0) is 29.8 Å². The number of benzene rings is 1. The highest BCUT2D eigenvalue weighted by Crippen LogP contribution is 2.14. The van der Waals surface area contributed by atoms with Crippen molar-refractivity contribution < 1.29 is 14.6 Å². The molecular weight excluding hydrogens is 330 g/mol. The van der Waals surface area contributed by atoms with E-state index in [9.17, 15) is 5.11 Å². The highest BCUT2D eigenvalue weighted by molar-refractivity contribution is 5.38. The molecule has 1 fully saturated rings. The molecule has 26 heavy (non-hydrogen) atoms. The summed E-state index contributed by atoms with van der Waals surface area (Å²) < 4.78 is 10.8. The van der Waals surface area contributed by atoms with Gasteiger partial charge in [-0.2, -0.15) is 0 Å². The third kappa shape index (κ3) is 5.42. The van der Waals surface area contributed by atoms with Gasteiger partial charge in [0.15, 0.2) is 0 Å². The van der Waals surface area contributed by atoms with Crippen LogP contribution in [0.5, 0.6) is 5.75 Å². The summed E-state index contributed by atoms with van der Waals surface area (Å²) in [7, 11) is 1.65. The number of anilines is 1. The zero-order chi connectivity index (χ0) is 18.2. The number of rotatable bonds is 8. The van der Waals surface area contributed by atoms with Gasteiger partial charge in [-0.3, -0.25) is 4.90 Å². The van der Waals surface area contributed by atoms with Gasteiger partial charge in [-0.1, -0.05) is 18.2 Å². The van der Waals surface area contributed by atoms with Crippen molar-refractivity contribution in [2.45, 2.75) is 12.7 Å². The Morgan fingerprint density at radius 1 is 1.08 bits per heavy atom. The summed E-state index contributed by atoms with van der Waals surface area (Å²) in [5.41, 5.74) is 1.07. The molecule has 1 unspecified atom stereocenters. The Balaban J connectivity index is 1.34. The fourth-order valence-electron chi connectivity index (χ4n) is 3.09. The quantitative estimate of drug-likeness (QED) is 0.777. The molecular formula is C20H27N3O3. The summed E-state index contributed by atoms with van der Waals surface area (Å²) in [6, 6.07) is 13.8. The Morgan fingerprint density at radius 3 is 2.50 bits per heavy atom. The van der Waals surface area contributed by atoms with E-state index in [2.05, 4.69) is 14.8 Å². The van der Waals surface area contributed by atoms with Crippen LogP contribution in [0.1, 0.15) is 5.56 Å². The van der Waals surface area contributed by atoms with Crippen LogP contribution in [-0.2, 0) is 11.3 Å². The molecule has 6 nitrogen and oxygen atoms in total. The van der Waals surface area contributed by atoms with E-state index in [1.807, 2.05) is 48.7 Å². The molecule has 0 bridgehead atoms. The topological polar surface area (TPSA) is 58.1 Å². The van der Waals surface area contributed by atoms with E-state index in [1.54, 1.807) is 7.11 Å². The van der Waals surface area contributed by atoms with Crippen LogP contribution in [-0.4, -0.2) is 67.5 Å². The zero-order valence-electron chi connectivity index (χ0n) is 15.3. The molecule has 0 saturated carbocycles. The molecule has 0 aliphatic carbocycles. The fraction of sp³-hybridized carbons (Fsp3) is 0.450. The van der Waals surface area contributed by atoms with Crippen molar-refractivity contribution in [3.05, 3.63) is 54.2 Å². The molecule has 1 atom stereocenters. The molecule has 1 N–H and O–H groups in total. The Bertz CT molecular complexity index is 643. The van der Waals surface area contributed by atoms with Crippen LogP contribution in [0.4, 0.5) is 5.82 Å². The second-order valence-electron chi connectivity index (χ2n) is 6.49. The number of aliphatic hydroxyl groups excluding tert-OH is 1. The number of piperazine rings is 1. The molecule has 140 valence electrons. The lowest BCUT2D eigenvalue weighted by atomic mass is 10.2. The molecule has 2 heterocycles. The van der Waals surface area contributed by atoms with Gasteiger partial charge < -0.3 is 19.5 Å².